The Labute approximate surface area is 102 Å². The Hall–Kier alpha value is -1.16. The van der Waals surface area contributed by atoms with E-state index in [4.69, 9.17) is 4.74 Å². The van der Waals surface area contributed by atoms with Crippen LogP contribution in [-0.4, -0.2) is 39.8 Å². The molecule has 1 fully saturated rings. The molecule has 4 nitrogen and oxygen atoms in total. The van der Waals surface area contributed by atoms with Crippen LogP contribution in [0.5, 0.6) is 5.75 Å². The number of fused-ring (bicyclic) bond motifs is 1. The van der Waals surface area contributed by atoms with Crippen LogP contribution in [0.25, 0.3) is 0 Å². The maximum atomic E-state index is 6.13. The van der Waals surface area contributed by atoms with E-state index < -0.39 is 0 Å². The zero-order valence-corrected chi connectivity index (χ0v) is 10.5. The van der Waals surface area contributed by atoms with Crippen molar-refractivity contribution < 1.29 is 4.74 Å². The van der Waals surface area contributed by atoms with Crippen LogP contribution in [0.15, 0.2) is 12.4 Å². The van der Waals surface area contributed by atoms with Gasteiger partial charge in [-0.25, -0.2) is 0 Å². The number of piperidine rings is 1. The molecule has 2 aliphatic rings. The standard InChI is InChI=1S/C13H19N3O/c1-10(2)16-5-3-13(4-6-16)7-11-8-14-15-9-12(11)17-13/h8-10H,3-7H2,1-2H3. The maximum absolute atomic E-state index is 6.13. The molecule has 0 saturated carbocycles. The molecule has 0 aromatic carbocycles. The van der Waals surface area contributed by atoms with Gasteiger partial charge < -0.3 is 9.64 Å². The van der Waals surface area contributed by atoms with E-state index in [-0.39, 0.29) is 5.60 Å². The topological polar surface area (TPSA) is 38.2 Å². The number of ether oxygens (including phenoxy) is 1. The van der Waals surface area contributed by atoms with E-state index in [0.29, 0.717) is 6.04 Å². The Bertz CT molecular complexity index is 384. The smallest absolute Gasteiger partial charge is 0.145 e. The van der Waals surface area contributed by atoms with Crippen molar-refractivity contribution in [3.63, 3.8) is 0 Å². The van der Waals surface area contributed by atoms with Crippen molar-refractivity contribution >= 4 is 0 Å². The fourth-order valence-corrected chi connectivity index (χ4v) is 2.90. The van der Waals surface area contributed by atoms with Crippen LogP contribution < -0.4 is 4.74 Å². The average Bonchev–Trinajstić information content (AvgIpc) is 2.67. The molecule has 1 aromatic heterocycles. The summed E-state index contributed by atoms with van der Waals surface area (Å²) >= 11 is 0. The molecular formula is C13H19N3O. The number of rotatable bonds is 1. The Morgan fingerprint density at radius 1 is 1.24 bits per heavy atom. The highest BCUT2D eigenvalue weighted by atomic mass is 16.5. The average molecular weight is 233 g/mol. The van der Waals surface area contributed by atoms with Gasteiger partial charge >= 0.3 is 0 Å². The highest BCUT2D eigenvalue weighted by Crippen LogP contribution is 2.40. The number of aromatic nitrogens is 2. The zero-order chi connectivity index (χ0) is 11.9. The molecule has 0 bridgehead atoms. The van der Waals surface area contributed by atoms with Gasteiger partial charge in [-0.15, -0.1) is 0 Å². The summed E-state index contributed by atoms with van der Waals surface area (Å²) in [6.45, 7) is 6.78. The summed E-state index contributed by atoms with van der Waals surface area (Å²) < 4.78 is 6.13. The lowest BCUT2D eigenvalue weighted by Gasteiger charge is -2.40. The summed E-state index contributed by atoms with van der Waals surface area (Å²) in [5, 5.41) is 7.83. The van der Waals surface area contributed by atoms with Gasteiger partial charge in [0.1, 0.15) is 11.4 Å². The molecule has 0 radical (unpaired) electrons. The molecule has 0 unspecified atom stereocenters. The van der Waals surface area contributed by atoms with Gasteiger partial charge in [0.15, 0.2) is 0 Å². The van der Waals surface area contributed by atoms with E-state index in [2.05, 4.69) is 28.9 Å². The van der Waals surface area contributed by atoms with Gasteiger partial charge in [-0.05, 0) is 13.8 Å². The summed E-state index contributed by atoms with van der Waals surface area (Å²) in [6, 6.07) is 0.638. The van der Waals surface area contributed by atoms with Crippen LogP contribution >= 0.6 is 0 Å². The molecule has 0 aliphatic carbocycles. The van der Waals surface area contributed by atoms with Crippen LogP contribution in [0.2, 0.25) is 0 Å². The highest BCUT2D eigenvalue weighted by molar-refractivity contribution is 5.35. The number of likely N-dealkylation sites (tertiary alicyclic amines) is 1. The number of hydrogen-bond donors (Lipinski definition) is 0. The third kappa shape index (κ3) is 1.90. The van der Waals surface area contributed by atoms with Crippen molar-refractivity contribution in [2.24, 2.45) is 0 Å². The molecule has 0 atom stereocenters. The van der Waals surface area contributed by atoms with Crippen molar-refractivity contribution in [3.8, 4) is 5.75 Å². The van der Waals surface area contributed by atoms with Gasteiger partial charge in [0.2, 0.25) is 0 Å². The first-order valence-electron chi connectivity index (χ1n) is 6.41. The van der Waals surface area contributed by atoms with Crippen LogP contribution in [0.1, 0.15) is 32.3 Å². The molecule has 2 aliphatic heterocycles. The summed E-state index contributed by atoms with van der Waals surface area (Å²) in [5.41, 5.74) is 1.25. The van der Waals surface area contributed by atoms with Gasteiger partial charge in [-0.3, -0.25) is 0 Å². The van der Waals surface area contributed by atoms with Crippen molar-refractivity contribution in [3.05, 3.63) is 18.0 Å². The molecule has 3 heterocycles. The second-order valence-corrected chi connectivity index (χ2v) is 5.47. The SMILES string of the molecule is CC(C)N1CCC2(CC1)Cc1cnncc1O2. The van der Waals surface area contributed by atoms with Crippen LogP contribution in [0.3, 0.4) is 0 Å². The summed E-state index contributed by atoms with van der Waals surface area (Å²) in [6.07, 6.45) is 6.82. The minimum absolute atomic E-state index is 0.0262. The van der Waals surface area contributed by atoms with E-state index in [1.165, 1.54) is 5.56 Å². The van der Waals surface area contributed by atoms with E-state index in [1.54, 1.807) is 6.20 Å². The first-order valence-corrected chi connectivity index (χ1v) is 6.41. The molecule has 4 heteroatoms. The quantitative estimate of drug-likeness (QED) is 0.739. The molecule has 1 saturated heterocycles. The second-order valence-electron chi connectivity index (χ2n) is 5.47. The fourth-order valence-electron chi connectivity index (χ4n) is 2.90. The van der Waals surface area contributed by atoms with Crippen LogP contribution in [0.4, 0.5) is 0 Å². The lowest BCUT2D eigenvalue weighted by Crippen LogP contribution is -2.49. The Morgan fingerprint density at radius 3 is 2.59 bits per heavy atom. The monoisotopic (exact) mass is 233 g/mol. The van der Waals surface area contributed by atoms with Crippen molar-refractivity contribution in [2.75, 3.05) is 13.1 Å². The van der Waals surface area contributed by atoms with Crippen LogP contribution in [-0.2, 0) is 6.42 Å². The van der Waals surface area contributed by atoms with Gasteiger partial charge in [0.05, 0.1) is 12.4 Å². The zero-order valence-electron chi connectivity index (χ0n) is 10.5. The molecule has 92 valence electrons. The molecule has 3 rings (SSSR count). The minimum atomic E-state index is 0.0262. The Kier molecular flexibility index (Phi) is 2.54. The van der Waals surface area contributed by atoms with Crippen LogP contribution in [0, 0.1) is 0 Å². The lowest BCUT2D eigenvalue weighted by molar-refractivity contribution is 0.0102. The largest absolute Gasteiger partial charge is 0.485 e. The fraction of sp³-hybridized carbons (Fsp3) is 0.692. The van der Waals surface area contributed by atoms with E-state index in [0.717, 1.165) is 38.1 Å². The molecule has 0 N–H and O–H groups in total. The first kappa shape index (κ1) is 11.0. The number of nitrogens with zero attached hydrogens (tertiary/aromatic N) is 3. The molecule has 1 aromatic rings. The second kappa shape index (κ2) is 3.95. The van der Waals surface area contributed by atoms with Crippen molar-refractivity contribution in [1.29, 1.82) is 0 Å². The molecular weight excluding hydrogens is 214 g/mol. The van der Waals surface area contributed by atoms with Gasteiger partial charge in [-0.2, -0.15) is 10.2 Å². The normalized spacial score (nSPS) is 22.8. The van der Waals surface area contributed by atoms with E-state index in [9.17, 15) is 0 Å². The van der Waals surface area contributed by atoms with Gasteiger partial charge in [-0.1, -0.05) is 0 Å². The Morgan fingerprint density at radius 2 is 1.94 bits per heavy atom. The predicted octanol–water partition coefficient (Wildman–Crippen LogP) is 1.65. The van der Waals surface area contributed by atoms with Crippen molar-refractivity contribution in [2.45, 2.75) is 44.8 Å². The van der Waals surface area contributed by atoms with Gasteiger partial charge in [0, 0.05) is 44.0 Å². The van der Waals surface area contributed by atoms with E-state index in [1.807, 2.05) is 6.20 Å². The number of hydrogen-bond acceptors (Lipinski definition) is 4. The highest BCUT2D eigenvalue weighted by Gasteiger charge is 2.42. The minimum Gasteiger partial charge on any atom is -0.485 e. The van der Waals surface area contributed by atoms with Gasteiger partial charge in [0.25, 0.3) is 0 Å². The third-order valence-electron chi connectivity index (χ3n) is 4.05. The third-order valence-corrected chi connectivity index (χ3v) is 4.05. The summed E-state index contributed by atoms with van der Waals surface area (Å²) in [5.74, 6) is 0.943. The first-order chi connectivity index (χ1) is 8.19. The molecule has 1 spiro atoms. The summed E-state index contributed by atoms with van der Waals surface area (Å²) in [7, 11) is 0. The predicted molar refractivity (Wildman–Crippen MR) is 65.0 cm³/mol. The lowest BCUT2D eigenvalue weighted by atomic mass is 9.87. The Balaban J connectivity index is 1.72. The van der Waals surface area contributed by atoms with E-state index >= 15 is 0 Å². The maximum Gasteiger partial charge on any atom is 0.145 e. The van der Waals surface area contributed by atoms with Crippen molar-refractivity contribution in [1.82, 2.24) is 15.1 Å². The summed E-state index contributed by atoms with van der Waals surface area (Å²) in [4.78, 5) is 2.52. The molecule has 0 amide bonds. The molecule has 17 heavy (non-hydrogen) atoms.